The molecule has 9 aromatic rings. The average molecular weight is 543 g/mol. The summed E-state index contributed by atoms with van der Waals surface area (Å²) < 4.78 is 8.70. The van der Waals surface area contributed by atoms with Gasteiger partial charge in [0.05, 0.1) is 51.8 Å². The smallest absolute Gasteiger partial charge is 0.0991 e. The second kappa shape index (κ2) is 8.74. The molecule has 8 nitrogen and oxygen atoms in total. The molecule has 0 aliphatic heterocycles. The number of hydrogen-bond donors (Lipinski definition) is 0. The first-order valence-electron chi connectivity index (χ1n) is 13.7. The molecular weight excluding hydrogens is 520 g/mol. The van der Waals surface area contributed by atoms with Gasteiger partial charge in [-0.1, -0.05) is 18.2 Å². The molecule has 0 unspecified atom stereocenters. The zero-order chi connectivity index (χ0) is 27.6. The minimum atomic E-state index is 1.00. The van der Waals surface area contributed by atoms with Crippen LogP contribution in [-0.4, -0.2) is 38.2 Å². The summed E-state index contributed by atoms with van der Waals surface area (Å²) in [6.45, 7) is 0. The van der Waals surface area contributed by atoms with Crippen molar-refractivity contribution in [3.63, 3.8) is 0 Å². The lowest BCUT2D eigenvalue weighted by atomic mass is 10.1. The van der Waals surface area contributed by atoms with Crippen LogP contribution in [0.15, 0.2) is 135 Å². The van der Waals surface area contributed by atoms with Crippen molar-refractivity contribution in [1.82, 2.24) is 38.2 Å². The Labute approximate surface area is 239 Å². The summed E-state index contributed by atoms with van der Waals surface area (Å²) in [5, 5.41) is 4.48. The summed E-state index contributed by atoms with van der Waals surface area (Å²) in [5.41, 5.74) is 8.58. The van der Waals surface area contributed by atoms with E-state index >= 15 is 0 Å². The van der Waals surface area contributed by atoms with Gasteiger partial charge in [0.2, 0.25) is 0 Å². The van der Waals surface area contributed by atoms with Crippen molar-refractivity contribution in [1.29, 1.82) is 0 Å². The van der Waals surface area contributed by atoms with Crippen LogP contribution >= 0.6 is 0 Å². The molecule has 6 heterocycles. The zero-order valence-corrected chi connectivity index (χ0v) is 22.3. The lowest BCUT2D eigenvalue weighted by Gasteiger charge is -2.14. The van der Waals surface area contributed by atoms with Gasteiger partial charge >= 0.3 is 0 Å². The van der Waals surface area contributed by atoms with E-state index in [9.17, 15) is 0 Å². The number of fused-ring (bicyclic) bond motifs is 6. The fourth-order valence-corrected chi connectivity index (χ4v) is 6.18. The van der Waals surface area contributed by atoms with Gasteiger partial charge in [-0.3, -0.25) is 9.97 Å². The Morgan fingerprint density at radius 3 is 1.45 bits per heavy atom. The summed E-state index contributed by atoms with van der Waals surface area (Å²) in [6.07, 6.45) is 18.8. The number of imidazole rings is 2. The van der Waals surface area contributed by atoms with Crippen molar-refractivity contribution < 1.29 is 0 Å². The van der Waals surface area contributed by atoms with Crippen molar-refractivity contribution in [3.05, 3.63) is 135 Å². The number of para-hydroxylation sites is 1. The molecule has 0 fully saturated rings. The predicted octanol–water partition coefficient (Wildman–Crippen LogP) is 7.04. The van der Waals surface area contributed by atoms with Crippen LogP contribution in [-0.2, 0) is 0 Å². The first-order valence-corrected chi connectivity index (χ1v) is 13.7. The van der Waals surface area contributed by atoms with E-state index in [1.807, 2.05) is 65.0 Å². The fraction of sp³-hybridized carbons (Fsp3) is 0. The maximum absolute atomic E-state index is 4.53. The molecule has 0 aliphatic rings. The lowest BCUT2D eigenvalue weighted by Crippen LogP contribution is -2.01. The number of benzene rings is 3. The third kappa shape index (κ3) is 3.29. The van der Waals surface area contributed by atoms with Crippen LogP contribution < -0.4 is 0 Å². The first kappa shape index (κ1) is 22.8. The predicted molar refractivity (Wildman–Crippen MR) is 165 cm³/mol. The third-order valence-electron chi connectivity index (χ3n) is 8.02. The Balaban J connectivity index is 1.41. The molecule has 0 bridgehead atoms. The Bertz CT molecular complexity index is 2340. The average Bonchev–Trinajstić information content (AvgIpc) is 3.86. The van der Waals surface area contributed by atoms with E-state index in [2.05, 4.69) is 95.8 Å². The summed E-state index contributed by atoms with van der Waals surface area (Å²) in [4.78, 5) is 17.6. The van der Waals surface area contributed by atoms with Crippen LogP contribution in [0, 0.1) is 0 Å². The van der Waals surface area contributed by atoms with Crippen molar-refractivity contribution in [3.8, 4) is 22.7 Å². The molecule has 0 radical (unpaired) electrons. The first-order chi connectivity index (χ1) is 20.8. The summed E-state index contributed by atoms with van der Waals surface area (Å²) in [6, 6.07) is 25.8. The van der Waals surface area contributed by atoms with E-state index in [-0.39, 0.29) is 0 Å². The summed E-state index contributed by atoms with van der Waals surface area (Å²) in [7, 11) is 0. The van der Waals surface area contributed by atoms with E-state index in [4.69, 9.17) is 0 Å². The molecule has 198 valence electrons. The van der Waals surface area contributed by atoms with Gasteiger partial charge < -0.3 is 18.3 Å². The SMILES string of the molecule is c1ccc(-n2c3ccncc3c3cc4c(cc32)c2cnccc2n4-c2cc(-n3ccnc3)cc(-n3ccnc3)c2)cc1. The number of hydrogen-bond acceptors (Lipinski definition) is 4. The van der Waals surface area contributed by atoms with Crippen LogP contribution in [0.25, 0.3) is 66.4 Å². The second-order valence-corrected chi connectivity index (χ2v) is 10.3. The molecule has 0 N–H and O–H groups in total. The largest absolute Gasteiger partial charge is 0.309 e. The zero-order valence-electron chi connectivity index (χ0n) is 22.3. The normalized spacial score (nSPS) is 11.8. The molecule has 6 aromatic heterocycles. The molecule has 0 atom stereocenters. The van der Waals surface area contributed by atoms with E-state index in [1.165, 1.54) is 0 Å². The molecule has 8 heteroatoms. The van der Waals surface area contributed by atoms with Gasteiger partial charge in [0.25, 0.3) is 0 Å². The molecule has 0 amide bonds. The highest BCUT2D eigenvalue weighted by molar-refractivity contribution is 6.18. The van der Waals surface area contributed by atoms with Gasteiger partial charge in [0, 0.05) is 76.8 Å². The van der Waals surface area contributed by atoms with Crippen LogP contribution in [0.1, 0.15) is 0 Å². The molecule has 0 spiro atoms. The highest BCUT2D eigenvalue weighted by Gasteiger charge is 2.19. The molecule has 0 saturated heterocycles. The third-order valence-corrected chi connectivity index (χ3v) is 8.02. The van der Waals surface area contributed by atoms with Crippen molar-refractivity contribution in [2.24, 2.45) is 0 Å². The van der Waals surface area contributed by atoms with Crippen molar-refractivity contribution in [2.75, 3.05) is 0 Å². The van der Waals surface area contributed by atoms with Gasteiger partial charge in [-0.05, 0) is 54.6 Å². The Kier molecular flexibility index (Phi) is 4.74. The molecular formula is C34H22N8. The van der Waals surface area contributed by atoms with Crippen molar-refractivity contribution >= 4 is 43.6 Å². The Hall–Kier alpha value is -6.02. The number of nitrogens with zero attached hydrogens (tertiary/aromatic N) is 8. The molecule has 9 rings (SSSR count). The van der Waals surface area contributed by atoms with Gasteiger partial charge in [-0.25, -0.2) is 9.97 Å². The minimum Gasteiger partial charge on any atom is -0.309 e. The lowest BCUT2D eigenvalue weighted by molar-refractivity contribution is 1.01. The molecule has 0 saturated carbocycles. The maximum atomic E-state index is 4.53. The molecule has 42 heavy (non-hydrogen) atoms. The van der Waals surface area contributed by atoms with E-state index in [0.717, 1.165) is 66.4 Å². The van der Waals surface area contributed by atoms with Crippen molar-refractivity contribution in [2.45, 2.75) is 0 Å². The molecule has 3 aromatic carbocycles. The number of rotatable bonds is 4. The monoisotopic (exact) mass is 542 g/mol. The van der Waals surface area contributed by atoms with Gasteiger partial charge in [0.1, 0.15) is 0 Å². The van der Waals surface area contributed by atoms with Gasteiger partial charge in [0.15, 0.2) is 0 Å². The quantitative estimate of drug-likeness (QED) is 0.239. The highest BCUT2D eigenvalue weighted by Crippen LogP contribution is 2.39. The maximum Gasteiger partial charge on any atom is 0.0991 e. The van der Waals surface area contributed by atoms with Crippen LogP contribution in [0.4, 0.5) is 0 Å². The van der Waals surface area contributed by atoms with Crippen LogP contribution in [0.3, 0.4) is 0 Å². The summed E-state index contributed by atoms with van der Waals surface area (Å²) in [5.74, 6) is 0. The Morgan fingerprint density at radius 1 is 0.405 bits per heavy atom. The van der Waals surface area contributed by atoms with Crippen LogP contribution in [0.2, 0.25) is 0 Å². The standard InChI is InChI=1S/C34H22N8/c1-2-4-23(5-3-1)41-31-6-8-35-19-29(31)27-18-34-28(17-33(27)41)30-20-36-9-7-32(30)42(34)26-15-24(39-12-10-37-21-39)14-25(16-26)40-13-11-38-22-40/h1-22H. The van der Waals surface area contributed by atoms with E-state index in [1.54, 1.807) is 12.4 Å². The van der Waals surface area contributed by atoms with Gasteiger partial charge in [-0.15, -0.1) is 0 Å². The van der Waals surface area contributed by atoms with E-state index in [0.29, 0.717) is 0 Å². The highest BCUT2D eigenvalue weighted by atomic mass is 15.1. The Morgan fingerprint density at radius 2 is 0.929 bits per heavy atom. The number of pyridine rings is 2. The number of aromatic nitrogens is 8. The van der Waals surface area contributed by atoms with Gasteiger partial charge in [-0.2, -0.15) is 0 Å². The van der Waals surface area contributed by atoms with E-state index < -0.39 is 0 Å². The summed E-state index contributed by atoms with van der Waals surface area (Å²) >= 11 is 0. The molecule has 0 aliphatic carbocycles. The topological polar surface area (TPSA) is 71.3 Å². The fourth-order valence-electron chi connectivity index (χ4n) is 6.18. The minimum absolute atomic E-state index is 1.00. The second-order valence-electron chi connectivity index (χ2n) is 10.3. The van der Waals surface area contributed by atoms with Crippen LogP contribution in [0.5, 0.6) is 0 Å².